The molecule has 0 unspecified atom stereocenters. The molecule has 2 aromatic rings. The van der Waals surface area contributed by atoms with Crippen molar-refractivity contribution in [1.29, 1.82) is 0 Å². The molecule has 0 heterocycles. The van der Waals surface area contributed by atoms with E-state index in [-0.39, 0.29) is 17.1 Å². The molecule has 0 aromatic heterocycles. The molecule has 0 fully saturated rings. The van der Waals surface area contributed by atoms with E-state index < -0.39 is 0 Å². The fraction of sp³-hybridized carbons (Fsp3) is 0.417. The Kier molecular flexibility index (Phi) is 4.96. The lowest BCUT2D eigenvalue weighted by Crippen LogP contribution is -2.08. The number of aryl methyl sites for hydroxylation is 2. The van der Waals surface area contributed by atoms with Crippen molar-refractivity contribution in [2.24, 2.45) is 0 Å². The van der Waals surface area contributed by atoms with Crippen LogP contribution in [0.1, 0.15) is 54.4 Å². The van der Waals surface area contributed by atoms with E-state index in [2.05, 4.69) is 6.07 Å². The van der Waals surface area contributed by atoms with E-state index in [1.165, 1.54) is 23.8 Å². The van der Waals surface area contributed by atoms with Crippen molar-refractivity contribution in [3.05, 3.63) is 56.7 Å². The number of Topliss-reactive ketones (excluding diaryl/α,β-unsaturated/α-hetero) is 1. The second-order valence-electron chi connectivity index (χ2n) is 7.86. The molecule has 2 aliphatic carbocycles. The molecule has 1 atom stereocenters. The van der Waals surface area contributed by atoms with Crippen LogP contribution in [-0.2, 0) is 24.1 Å². The van der Waals surface area contributed by atoms with E-state index in [0.29, 0.717) is 12.2 Å². The predicted molar refractivity (Wildman–Crippen MR) is 110 cm³/mol. The van der Waals surface area contributed by atoms with Gasteiger partial charge >= 0.3 is 0 Å². The average Bonchev–Trinajstić information content (AvgIpc) is 3.01. The molecule has 0 amide bonds. The molecule has 0 aliphatic heterocycles. The van der Waals surface area contributed by atoms with Gasteiger partial charge in [0.05, 0.1) is 14.2 Å². The highest BCUT2D eigenvalue weighted by Gasteiger charge is 2.29. The number of ether oxygens (including phenoxy) is 2. The van der Waals surface area contributed by atoms with Gasteiger partial charge in [0, 0.05) is 12.0 Å². The van der Waals surface area contributed by atoms with Gasteiger partial charge in [0.1, 0.15) is 11.5 Å². The van der Waals surface area contributed by atoms with E-state index in [9.17, 15) is 9.59 Å². The number of ketones is 1. The van der Waals surface area contributed by atoms with Crippen LogP contribution in [0.2, 0.25) is 0 Å². The summed E-state index contributed by atoms with van der Waals surface area (Å²) >= 11 is 0. The minimum absolute atomic E-state index is 0.0178. The van der Waals surface area contributed by atoms with Gasteiger partial charge in [0.25, 0.3) is 0 Å². The van der Waals surface area contributed by atoms with Gasteiger partial charge in [-0.3, -0.25) is 4.79 Å². The zero-order valence-electron chi connectivity index (χ0n) is 16.8. The van der Waals surface area contributed by atoms with Gasteiger partial charge in [-0.15, -0.1) is 0 Å². The molecule has 2 aromatic carbocycles. The van der Waals surface area contributed by atoms with Crippen molar-refractivity contribution in [3.63, 3.8) is 0 Å². The van der Waals surface area contributed by atoms with Gasteiger partial charge in [0.15, 0.2) is 5.75 Å². The highest BCUT2D eigenvalue weighted by atomic mass is 16.5. The van der Waals surface area contributed by atoms with Crippen molar-refractivity contribution in [2.45, 2.75) is 51.4 Å². The number of carbonyl (C=O) groups excluding carboxylic acids is 1. The van der Waals surface area contributed by atoms with Crippen LogP contribution < -0.4 is 14.9 Å². The summed E-state index contributed by atoms with van der Waals surface area (Å²) in [5, 5.41) is 0. The van der Waals surface area contributed by atoms with Crippen molar-refractivity contribution < 1.29 is 14.3 Å². The number of rotatable bonds is 4. The zero-order chi connectivity index (χ0) is 19.8. The number of hydrogen-bond acceptors (Lipinski definition) is 4. The summed E-state index contributed by atoms with van der Waals surface area (Å²) in [4.78, 5) is 24.6. The van der Waals surface area contributed by atoms with Crippen LogP contribution in [0.15, 0.2) is 29.1 Å². The Morgan fingerprint density at radius 2 is 1.89 bits per heavy atom. The number of fused-ring (bicyclic) bond motifs is 4. The van der Waals surface area contributed by atoms with Crippen LogP contribution in [0.25, 0.3) is 11.1 Å². The van der Waals surface area contributed by atoms with Crippen LogP contribution in [0.5, 0.6) is 11.5 Å². The molecule has 28 heavy (non-hydrogen) atoms. The van der Waals surface area contributed by atoms with Gasteiger partial charge < -0.3 is 14.3 Å². The first kappa shape index (κ1) is 18.7. The lowest BCUT2D eigenvalue weighted by atomic mass is 9.88. The Morgan fingerprint density at radius 3 is 2.61 bits per heavy atom. The fourth-order valence-electron chi connectivity index (χ4n) is 4.89. The van der Waals surface area contributed by atoms with E-state index in [4.69, 9.17) is 9.47 Å². The normalized spacial score (nSPS) is 17.2. The summed E-state index contributed by atoms with van der Waals surface area (Å²) in [6.45, 7) is 1.62. The van der Waals surface area contributed by atoms with Gasteiger partial charge in [-0.1, -0.05) is 12.1 Å². The number of methoxy groups -OCH3 is 2. The molecule has 2 aliphatic rings. The highest BCUT2D eigenvalue weighted by Crippen LogP contribution is 2.47. The maximum atomic E-state index is 12.7. The molecule has 0 spiro atoms. The van der Waals surface area contributed by atoms with Crippen molar-refractivity contribution in [1.82, 2.24) is 0 Å². The Hall–Kier alpha value is -2.62. The average molecular weight is 378 g/mol. The second kappa shape index (κ2) is 7.42. The quantitative estimate of drug-likeness (QED) is 0.799. The minimum Gasteiger partial charge on any atom is -0.496 e. The van der Waals surface area contributed by atoms with Crippen LogP contribution in [0.4, 0.5) is 0 Å². The standard InChI is InChI=1S/C24H26O4/c1-14(25)11-16-7-8-17-12-15-5-4-6-18(15)24(28-3)23(17)19-9-10-22(27-2)21(26)13-20(16)19/h9-10,12-13,16H,4-8,11H2,1-3H3/t16-/m1/s1. The maximum absolute atomic E-state index is 12.7. The summed E-state index contributed by atoms with van der Waals surface area (Å²) in [6.07, 6.45) is 5.41. The number of hydrogen-bond donors (Lipinski definition) is 0. The van der Waals surface area contributed by atoms with Crippen LogP contribution >= 0.6 is 0 Å². The smallest absolute Gasteiger partial charge is 0.220 e. The minimum atomic E-state index is -0.152. The zero-order valence-corrected chi connectivity index (χ0v) is 16.8. The van der Waals surface area contributed by atoms with E-state index in [1.54, 1.807) is 26.2 Å². The summed E-state index contributed by atoms with van der Waals surface area (Å²) in [7, 11) is 3.24. The van der Waals surface area contributed by atoms with Crippen LogP contribution in [-0.4, -0.2) is 20.0 Å². The first-order chi connectivity index (χ1) is 13.5. The molecule has 4 nitrogen and oxygen atoms in total. The molecular weight excluding hydrogens is 352 g/mol. The van der Waals surface area contributed by atoms with E-state index >= 15 is 0 Å². The maximum Gasteiger partial charge on any atom is 0.220 e. The largest absolute Gasteiger partial charge is 0.496 e. The molecule has 4 rings (SSSR count). The molecule has 0 N–H and O–H groups in total. The van der Waals surface area contributed by atoms with Crippen LogP contribution in [0, 0.1) is 0 Å². The fourth-order valence-corrected chi connectivity index (χ4v) is 4.89. The third kappa shape index (κ3) is 3.11. The Bertz CT molecular complexity index is 1010. The lowest BCUT2D eigenvalue weighted by Gasteiger charge is -2.18. The first-order valence-corrected chi connectivity index (χ1v) is 9.97. The number of carbonyl (C=O) groups is 1. The summed E-state index contributed by atoms with van der Waals surface area (Å²) in [5.41, 5.74) is 6.77. The third-order valence-corrected chi connectivity index (χ3v) is 6.10. The molecule has 0 bridgehead atoms. The van der Waals surface area contributed by atoms with Gasteiger partial charge in [-0.2, -0.15) is 0 Å². The Labute approximate surface area is 165 Å². The molecule has 0 saturated heterocycles. The van der Waals surface area contributed by atoms with Crippen molar-refractivity contribution in [2.75, 3.05) is 14.2 Å². The molecule has 0 radical (unpaired) electrons. The highest BCUT2D eigenvalue weighted by molar-refractivity contribution is 5.82. The topological polar surface area (TPSA) is 52.6 Å². The summed E-state index contributed by atoms with van der Waals surface area (Å²) in [5.74, 6) is 1.41. The summed E-state index contributed by atoms with van der Waals surface area (Å²) in [6, 6.07) is 7.70. The van der Waals surface area contributed by atoms with Crippen molar-refractivity contribution in [3.8, 4) is 22.6 Å². The SMILES string of the molecule is COc1c2c(cc3c1-c1ccc(OC)c(=O)cc1[C@@H](CC(C)=O)CC3)CCC2. The predicted octanol–water partition coefficient (Wildman–Crippen LogP) is 4.23. The molecule has 4 heteroatoms. The van der Waals surface area contributed by atoms with Crippen LogP contribution in [0.3, 0.4) is 0 Å². The van der Waals surface area contributed by atoms with Gasteiger partial charge in [-0.25, -0.2) is 0 Å². The van der Waals surface area contributed by atoms with E-state index in [1.807, 2.05) is 6.07 Å². The summed E-state index contributed by atoms with van der Waals surface area (Å²) < 4.78 is 11.2. The molecular formula is C24H26O4. The van der Waals surface area contributed by atoms with Gasteiger partial charge in [-0.05, 0) is 84.9 Å². The van der Waals surface area contributed by atoms with E-state index in [0.717, 1.165) is 54.5 Å². The Balaban J connectivity index is 2.05. The Morgan fingerprint density at radius 1 is 1.07 bits per heavy atom. The number of benzene rings is 1. The first-order valence-electron chi connectivity index (χ1n) is 9.97. The molecule has 0 saturated carbocycles. The van der Waals surface area contributed by atoms with Gasteiger partial charge in [0.2, 0.25) is 5.43 Å². The van der Waals surface area contributed by atoms with Crippen molar-refractivity contribution >= 4 is 5.78 Å². The molecule has 146 valence electrons. The lowest BCUT2D eigenvalue weighted by molar-refractivity contribution is -0.117. The second-order valence-corrected chi connectivity index (χ2v) is 7.86. The monoisotopic (exact) mass is 378 g/mol. The third-order valence-electron chi connectivity index (χ3n) is 6.10.